The number of hydrogen-bond acceptors (Lipinski definition) is 6. The van der Waals surface area contributed by atoms with Crippen molar-refractivity contribution in [3.05, 3.63) is 99.6 Å². The average Bonchev–Trinajstić information content (AvgIpc) is 3.51. The van der Waals surface area contributed by atoms with Gasteiger partial charge in [0.2, 0.25) is 0 Å². The molecule has 33 heavy (non-hydrogen) atoms. The molecule has 0 spiro atoms. The molecule has 0 fully saturated rings. The third-order valence-electron chi connectivity index (χ3n) is 5.52. The number of thiazole rings is 1. The van der Waals surface area contributed by atoms with Crippen LogP contribution in [0.3, 0.4) is 0 Å². The lowest BCUT2D eigenvalue weighted by Crippen LogP contribution is -2.15. The Kier molecular flexibility index (Phi) is 5.43. The Labute approximate surface area is 193 Å². The molecule has 0 aliphatic rings. The number of hydrogen-bond donors (Lipinski definition) is 0. The summed E-state index contributed by atoms with van der Waals surface area (Å²) in [5.74, 6) is 0.370. The summed E-state index contributed by atoms with van der Waals surface area (Å²) in [6, 6.07) is 14.9. The fraction of sp³-hybridized carbons (Fsp3) is 0.160. The van der Waals surface area contributed by atoms with Crippen LogP contribution in [0.15, 0.2) is 70.1 Å². The van der Waals surface area contributed by atoms with Crippen molar-refractivity contribution < 1.29 is 13.9 Å². The fourth-order valence-electron chi connectivity index (χ4n) is 3.85. The van der Waals surface area contributed by atoms with E-state index in [1.165, 1.54) is 23.5 Å². The Balaban J connectivity index is 1.28. The van der Waals surface area contributed by atoms with Gasteiger partial charge in [-0.25, -0.2) is 9.78 Å². The number of carbonyl (C=O) groups excluding carboxylic acids is 1. The summed E-state index contributed by atoms with van der Waals surface area (Å²) < 4.78 is 15.5. The largest absolute Gasteiger partial charge is 0.467 e. The summed E-state index contributed by atoms with van der Waals surface area (Å²) in [7, 11) is 0. The molecule has 7 nitrogen and oxygen atoms in total. The number of fused-ring (bicyclic) bond motifs is 3. The molecule has 4 heterocycles. The maximum Gasteiger partial charge on any atom is 0.331 e. The summed E-state index contributed by atoms with van der Waals surface area (Å²) >= 11 is 1.43. The number of benzene rings is 1. The standard InChI is InChI=1S/C25H21N3O4S/c1-16-12-18(17(2)27(16)14-20-6-5-11-31-20)9-10-24(30)32-15-19-13-23(29)28-21-7-3-4-8-22(21)33-25(28)26-19/h3-13H,14-15H2,1-2H3. The van der Waals surface area contributed by atoms with E-state index in [1.54, 1.807) is 16.7 Å². The number of aromatic nitrogens is 3. The van der Waals surface area contributed by atoms with Crippen LogP contribution in [-0.4, -0.2) is 19.9 Å². The number of rotatable bonds is 6. The zero-order valence-corrected chi connectivity index (χ0v) is 19.0. The second kappa shape index (κ2) is 8.55. The Bertz CT molecular complexity index is 1550. The van der Waals surface area contributed by atoms with Gasteiger partial charge in [-0.15, -0.1) is 0 Å². The summed E-state index contributed by atoms with van der Waals surface area (Å²) in [6.07, 6.45) is 4.78. The van der Waals surface area contributed by atoms with E-state index in [4.69, 9.17) is 9.15 Å². The summed E-state index contributed by atoms with van der Waals surface area (Å²) in [4.78, 5) is 30.0. The van der Waals surface area contributed by atoms with Gasteiger partial charge in [-0.05, 0) is 55.8 Å². The first-order chi connectivity index (χ1) is 16.0. The monoisotopic (exact) mass is 459 g/mol. The number of carbonyl (C=O) groups is 1. The average molecular weight is 460 g/mol. The minimum absolute atomic E-state index is 0.0688. The van der Waals surface area contributed by atoms with Gasteiger partial charge in [-0.3, -0.25) is 9.20 Å². The van der Waals surface area contributed by atoms with Gasteiger partial charge in [0.15, 0.2) is 4.96 Å². The molecule has 5 rings (SSSR count). The quantitative estimate of drug-likeness (QED) is 0.271. The van der Waals surface area contributed by atoms with E-state index in [0.717, 1.165) is 32.9 Å². The first kappa shape index (κ1) is 21.0. The minimum atomic E-state index is -0.496. The molecule has 5 aromatic rings. The van der Waals surface area contributed by atoms with Crippen LogP contribution in [0.2, 0.25) is 0 Å². The summed E-state index contributed by atoms with van der Waals surface area (Å²) in [6.45, 7) is 4.57. The minimum Gasteiger partial charge on any atom is -0.467 e. The van der Waals surface area contributed by atoms with Crippen LogP contribution >= 0.6 is 11.3 Å². The molecule has 0 amide bonds. The molecule has 166 valence electrons. The van der Waals surface area contributed by atoms with E-state index < -0.39 is 5.97 Å². The van der Waals surface area contributed by atoms with Crippen molar-refractivity contribution >= 4 is 38.6 Å². The Morgan fingerprint density at radius 2 is 2.03 bits per heavy atom. The van der Waals surface area contributed by atoms with Gasteiger partial charge >= 0.3 is 5.97 Å². The van der Waals surface area contributed by atoms with Crippen molar-refractivity contribution in [2.24, 2.45) is 0 Å². The predicted octanol–water partition coefficient (Wildman–Crippen LogP) is 4.73. The fourth-order valence-corrected chi connectivity index (χ4v) is 4.90. The lowest BCUT2D eigenvalue weighted by molar-refractivity contribution is -0.139. The second-order valence-electron chi connectivity index (χ2n) is 7.71. The van der Waals surface area contributed by atoms with Crippen LogP contribution < -0.4 is 5.56 Å². The molecule has 0 atom stereocenters. The van der Waals surface area contributed by atoms with Crippen LogP contribution in [0.4, 0.5) is 0 Å². The highest BCUT2D eigenvalue weighted by molar-refractivity contribution is 7.23. The second-order valence-corrected chi connectivity index (χ2v) is 8.72. The van der Waals surface area contributed by atoms with Crippen LogP contribution in [-0.2, 0) is 22.7 Å². The van der Waals surface area contributed by atoms with E-state index in [0.29, 0.717) is 17.2 Å². The van der Waals surface area contributed by atoms with E-state index in [2.05, 4.69) is 9.55 Å². The molecule has 1 aromatic carbocycles. The first-order valence-electron chi connectivity index (χ1n) is 10.4. The lowest BCUT2D eigenvalue weighted by Gasteiger charge is -2.07. The normalized spacial score (nSPS) is 11.7. The summed E-state index contributed by atoms with van der Waals surface area (Å²) in [5, 5.41) is 0. The topological polar surface area (TPSA) is 78.7 Å². The Hall–Kier alpha value is -3.91. The zero-order valence-electron chi connectivity index (χ0n) is 18.1. The van der Waals surface area contributed by atoms with Crippen molar-refractivity contribution in [1.29, 1.82) is 0 Å². The van der Waals surface area contributed by atoms with Crippen LogP contribution in [0, 0.1) is 13.8 Å². The van der Waals surface area contributed by atoms with Gasteiger partial charge in [0.05, 0.1) is 28.7 Å². The molecule has 4 aromatic heterocycles. The Morgan fingerprint density at radius 1 is 1.18 bits per heavy atom. The van der Waals surface area contributed by atoms with Crippen molar-refractivity contribution in [1.82, 2.24) is 14.0 Å². The van der Waals surface area contributed by atoms with Gasteiger partial charge in [0.25, 0.3) is 5.56 Å². The smallest absolute Gasteiger partial charge is 0.331 e. The molecule has 0 saturated carbocycles. The lowest BCUT2D eigenvalue weighted by atomic mass is 10.2. The van der Waals surface area contributed by atoms with E-state index in [1.807, 2.05) is 56.3 Å². The van der Waals surface area contributed by atoms with E-state index in [-0.39, 0.29) is 12.2 Å². The van der Waals surface area contributed by atoms with Crippen molar-refractivity contribution in [2.45, 2.75) is 27.0 Å². The summed E-state index contributed by atoms with van der Waals surface area (Å²) in [5.41, 5.74) is 4.08. The van der Waals surface area contributed by atoms with Gasteiger partial charge < -0.3 is 13.7 Å². The molecule has 8 heteroatoms. The van der Waals surface area contributed by atoms with Crippen LogP contribution in [0.25, 0.3) is 21.3 Å². The number of nitrogens with zero attached hydrogens (tertiary/aromatic N) is 3. The first-order valence-corrected chi connectivity index (χ1v) is 11.3. The van der Waals surface area contributed by atoms with Crippen molar-refractivity contribution in [3.8, 4) is 0 Å². The van der Waals surface area contributed by atoms with Gasteiger partial charge in [0.1, 0.15) is 12.4 Å². The third kappa shape index (κ3) is 4.12. The highest BCUT2D eigenvalue weighted by Crippen LogP contribution is 2.23. The number of aryl methyl sites for hydroxylation is 1. The molecule has 0 saturated heterocycles. The van der Waals surface area contributed by atoms with E-state index >= 15 is 0 Å². The van der Waals surface area contributed by atoms with Crippen molar-refractivity contribution in [3.63, 3.8) is 0 Å². The van der Waals surface area contributed by atoms with Gasteiger partial charge in [0, 0.05) is 23.5 Å². The molecule has 0 radical (unpaired) electrons. The zero-order chi connectivity index (χ0) is 22.9. The van der Waals surface area contributed by atoms with E-state index in [9.17, 15) is 9.59 Å². The van der Waals surface area contributed by atoms with Crippen LogP contribution in [0.1, 0.15) is 28.4 Å². The van der Waals surface area contributed by atoms with Crippen LogP contribution in [0.5, 0.6) is 0 Å². The molecule has 0 bridgehead atoms. The number of esters is 1. The molecular formula is C25H21N3O4S. The molecule has 0 N–H and O–H groups in total. The maximum atomic E-state index is 12.6. The number of furan rings is 1. The molecular weight excluding hydrogens is 438 g/mol. The highest BCUT2D eigenvalue weighted by Gasteiger charge is 2.11. The SMILES string of the molecule is Cc1cc(C=CC(=O)OCc2cc(=O)n3c(n2)sc2ccccc23)c(C)n1Cc1ccco1. The van der Waals surface area contributed by atoms with Gasteiger partial charge in [-0.2, -0.15) is 0 Å². The Morgan fingerprint density at radius 3 is 2.85 bits per heavy atom. The van der Waals surface area contributed by atoms with Crippen molar-refractivity contribution in [2.75, 3.05) is 0 Å². The van der Waals surface area contributed by atoms with Gasteiger partial charge in [-0.1, -0.05) is 23.5 Å². The molecule has 0 unspecified atom stereocenters. The number of ether oxygens (including phenoxy) is 1. The number of para-hydroxylation sites is 1. The highest BCUT2D eigenvalue weighted by atomic mass is 32.1. The third-order valence-corrected chi connectivity index (χ3v) is 6.54. The molecule has 0 aliphatic heterocycles. The molecule has 0 aliphatic carbocycles. The predicted molar refractivity (Wildman–Crippen MR) is 127 cm³/mol. The maximum absolute atomic E-state index is 12.6.